The predicted octanol–water partition coefficient (Wildman–Crippen LogP) is 4.29. The minimum atomic E-state index is 0.244. The molecule has 1 saturated heterocycles. The highest BCUT2D eigenvalue weighted by molar-refractivity contribution is 5.65. The lowest BCUT2D eigenvalue weighted by Gasteiger charge is -2.21. The lowest BCUT2D eigenvalue weighted by molar-refractivity contribution is 0.00370. The van der Waals surface area contributed by atoms with Crippen molar-refractivity contribution in [1.82, 2.24) is 15.0 Å². The smallest absolute Gasteiger partial charge is 0.113 e. The molecule has 0 saturated carbocycles. The maximum absolute atomic E-state index is 5.81. The largest absolute Gasteiger partial charge is 0.376 e. The van der Waals surface area contributed by atoms with Gasteiger partial charge in [-0.25, -0.2) is 4.68 Å². The number of aromatic nitrogens is 3. The Morgan fingerprint density at radius 1 is 1.17 bits per heavy atom. The fraction of sp³-hybridized carbons (Fsp3) is 0.333. The molecule has 0 amide bonds. The van der Waals surface area contributed by atoms with Crippen molar-refractivity contribution in [2.45, 2.75) is 38.8 Å². The highest BCUT2D eigenvalue weighted by atomic mass is 16.5. The minimum absolute atomic E-state index is 0.244. The SMILES string of the molecule is Cc1ccc(C#CCNc2ccccc2)cc1-c1cn(C[C@H]2CCCCO2)nn1. The zero-order valence-electron chi connectivity index (χ0n) is 16.8. The predicted molar refractivity (Wildman–Crippen MR) is 116 cm³/mol. The van der Waals surface area contributed by atoms with Gasteiger partial charge >= 0.3 is 0 Å². The Labute approximate surface area is 172 Å². The molecule has 0 unspecified atom stereocenters. The number of hydrogen-bond acceptors (Lipinski definition) is 4. The van der Waals surface area contributed by atoms with Crippen molar-refractivity contribution in [2.24, 2.45) is 0 Å². The number of anilines is 1. The summed E-state index contributed by atoms with van der Waals surface area (Å²) in [5, 5.41) is 12.0. The van der Waals surface area contributed by atoms with Crippen LogP contribution in [0.4, 0.5) is 5.69 Å². The summed E-state index contributed by atoms with van der Waals surface area (Å²) in [5.74, 6) is 6.43. The van der Waals surface area contributed by atoms with Crippen molar-refractivity contribution in [2.75, 3.05) is 18.5 Å². The standard InChI is InChI=1S/C24H26N4O/c1-19-12-13-20(8-7-14-25-21-9-3-2-4-10-21)16-23(19)24-18-28(27-26-24)17-22-11-5-6-15-29-22/h2-4,9-10,12-13,16,18,22,25H,5-6,11,14-15,17H2,1H3/t22-/m1/s1. The summed E-state index contributed by atoms with van der Waals surface area (Å²) in [7, 11) is 0. The molecule has 1 atom stereocenters. The molecule has 2 aromatic carbocycles. The van der Waals surface area contributed by atoms with E-state index in [0.29, 0.717) is 6.54 Å². The van der Waals surface area contributed by atoms with Crippen LogP contribution in [-0.4, -0.2) is 34.2 Å². The lowest BCUT2D eigenvalue weighted by Crippen LogP contribution is -2.24. The van der Waals surface area contributed by atoms with Gasteiger partial charge in [0.2, 0.25) is 0 Å². The second-order valence-corrected chi connectivity index (χ2v) is 7.37. The Morgan fingerprint density at radius 3 is 2.90 bits per heavy atom. The van der Waals surface area contributed by atoms with Gasteiger partial charge in [-0.15, -0.1) is 5.10 Å². The molecule has 0 spiro atoms. The fourth-order valence-corrected chi connectivity index (χ4v) is 3.50. The van der Waals surface area contributed by atoms with Crippen LogP contribution in [0.15, 0.2) is 54.7 Å². The van der Waals surface area contributed by atoms with Crippen LogP contribution in [-0.2, 0) is 11.3 Å². The van der Waals surface area contributed by atoms with Crippen LogP contribution in [0.1, 0.15) is 30.4 Å². The van der Waals surface area contributed by atoms with E-state index in [4.69, 9.17) is 4.74 Å². The quantitative estimate of drug-likeness (QED) is 0.665. The number of para-hydroxylation sites is 1. The van der Waals surface area contributed by atoms with E-state index in [1.807, 2.05) is 41.2 Å². The molecule has 1 N–H and O–H groups in total. The first-order valence-electron chi connectivity index (χ1n) is 10.2. The zero-order chi connectivity index (χ0) is 19.9. The Hall–Kier alpha value is -3.10. The lowest BCUT2D eigenvalue weighted by atomic mass is 10.0. The van der Waals surface area contributed by atoms with Crippen molar-refractivity contribution in [1.29, 1.82) is 0 Å². The first-order chi connectivity index (χ1) is 14.3. The first-order valence-corrected chi connectivity index (χ1v) is 10.2. The molecule has 0 aliphatic carbocycles. The van der Waals surface area contributed by atoms with Crippen molar-refractivity contribution >= 4 is 5.69 Å². The number of rotatable bonds is 5. The van der Waals surface area contributed by atoms with E-state index in [0.717, 1.165) is 48.5 Å². The van der Waals surface area contributed by atoms with Crippen molar-refractivity contribution in [3.63, 3.8) is 0 Å². The highest BCUT2D eigenvalue weighted by Gasteiger charge is 2.16. The zero-order valence-corrected chi connectivity index (χ0v) is 16.8. The van der Waals surface area contributed by atoms with E-state index in [1.54, 1.807) is 0 Å². The third-order valence-corrected chi connectivity index (χ3v) is 5.10. The van der Waals surface area contributed by atoms with Gasteiger partial charge in [-0.1, -0.05) is 41.3 Å². The molecule has 0 bridgehead atoms. The second-order valence-electron chi connectivity index (χ2n) is 7.37. The van der Waals surface area contributed by atoms with Gasteiger partial charge < -0.3 is 10.1 Å². The van der Waals surface area contributed by atoms with E-state index in [-0.39, 0.29) is 6.10 Å². The van der Waals surface area contributed by atoms with Crippen molar-refractivity contribution in [3.05, 3.63) is 65.9 Å². The Kier molecular flexibility index (Phi) is 6.23. The third-order valence-electron chi connectivity index (χ3n) is 5.10. The van der Waals surface area contributed by atoms with Crippen LogP contribution in [0.25, 0.3) is 11.3 Å². The van der Waals surface area contributed by atoms with Gasteiger partial charge in [0.1, 0.15) is 5.69 Å². The summed E-state index contributed by atoms with van der Waals surface area (Å²) < 4.78 is 7.71. The maximum Gasteiger partial charge on any atom is 0.113 e. The summed E-state index contributed by atoms with van der Waals surface area (Å²) in [6.45, 7) is 4.30. The second kappa shape index (κ2) is 9.40. The Bertz CT molecular complexity index is 994. The fourth-order valence-electron chi connectivity index (χ4n) is 3.50. The molecule has 1 aromatic heterocycles. The average molecular weight is 386 g/mol. The van der Waals surface area contributed by atoms with Crippen LogP contribution in [0.3, 0.4) is 0 Å². The normalized spacial score (nSPS) is 16.1. The van der Waals surface area contributed by atoms with Gasteiger partial charge in [-0.3, -0.25) is 0 Å². The topological polar surface area (TPSA) is 52.0 Å². The van der Waals surface area contributed by atoms with Crippen molar-refractivity contribution in [3.8, 4) is 23.1 Å². The van der Waals surface area contributed by atoms with Gasteiger partial charge in [0.25, 0.3) is 0 Å². The van der Waals surface area contributed by atoms with Gasteiger partial charge in [-0.2, -0.15) is 0 Å². The molecule has 5 nitrogen and oxygen atoms in total. The minimum Gasteiger partial charge on any atom is -0.376 e. The monoisotopic (exact) mass is 386 g/mol. The molecule has 148 valence electrons. The summed E-state index contributed by atoms with van der Waals surface area (Å²) in [5.41, 5.74) is 5.17. The first kappa shape index (κ1) is 19.2. The van der Waals surface area contributed by atoms with Crippen LogP contribution >= 0.6 is 0 Å². The van der Waals surface area contributed by atoms with Gasteiger partial charge in [0.05, 0.1) is 25.4 Å². The molecule has 1 fully saturated rings. The average Bonchev–Trinajstić information content (AvgIpc) is 3.22. The van der Waals surface area contributed by atoms with Crippen LogP contribution < -0.4 is 5.32 Å². The van der Waals surface area contributed by atoms with E-state index in [1.165, 1.54) is 12.0 Å². The highest BCUT2D eigenvalue weighted by Crippen LogP contribution is 2.23. The molecule has 5 heteroatoms. The number of aryl methyl sites for hydroxylation is 1. The molecule has 29 heavy (non-hydrogen) atoms. The van der Waals surface area contributed by atoms with Gasteiger partial charge in [0, 0.05) is 23.4 Å². The van der Waals surface area contributed by atoms with E-state index < -0.39 is 0 Å². The number of nitrogens with one attached hydrogen (secondary N) is 1. The molecular formula is C24H26N4O. The molecule has 2 heterocycles. The van der Waals surface area contributed by atoms with Crippen LogP contribution in [0.5, 0.6) is 0 Å². The number of nitrogens with zero attached hydrogens (tertiary/aromatic N) is 3. The van der Waals surface area contributed by atoms with Crippen molar-refractivity contribution < 1.29 is 4.74 Å². The summed E-state index contributed by atoms with van der Waals surface area (Å²) >= 11 is 0. The molecular weight excluding hydrogens is 360 g/mol. The molecule has 1 aliphatic rings. The van der Waals surface area contributed by atoms with Gasteiger partial charge in [0.15, 0.2) is 0 Å². The van der Waals surface area contributed by atoms with Crippen LogP contribution in [0.2, 0.25) is 0 Å². The van der Waals surface area contributed by atoms with E-state index in [9.17, 15) is 0 Å². The molecule has 3 aromatic rings. The number of benzene rings is 2. The Balaban J connectivity index is 1.42. The van der Waals surface area contributed by atoms with Gasteiger partial charge in [-0.05, 0) is 56.0 Å². The summed E-state index contributed by atoms with van der Waals surface area (Å²) in [6, 6.07) is 16.3. The molecule has 1 aliphatic heterocycles. The summed E-state index contributed by atoms with van der Waals surface area (Å²) in [6.07, 6.45) is 5.73. The molecule has 4 rings (SSSR count). The maximum atomic E-state index is 5.81. The van der Waals surface area contributed by atoms with E-state index >= 15 is 0 Å². The summed E-state index contributed by atoms with van der Waals surface area (Å²) in [4.78, 5) is 0. The van der Waals surface area contributed by atoms with Crippen LogP contribution in [0, 0.1) is 18.8 Å². The number of hydrogen-bond donors (Lipinski definition) is 1. The Morgan fingerprint density at radius 2 is 2.07 bits per heavy atom. The van der Waals surface area contributed by atoms with E-state index in [2.05, 4.69) is 52.6 Å². The molecule has 0 radical (unpaired) electrons. The number of ether oxygens (including phenoxy) is 1. The third kappa shape index (κ3) is 5.24.